The lowest BCUT2D eigenvalue weighted by atomic mass is 10.1. The first-order valence-corrected chi connectivity index (χ1v) is 10.9. The summed E-state index contributed by atoms with van der Waals surface area (Å²) in [6.45, 7) is 3.90. The number of hydrogen-bond acceptors (Lipinski definition) is 6. The van der Waals surface area contributed by atoms with Gasteiger partial charge in [-0.2, -0.15) is 0 Å². The summed E-state index contributed by atoms with van der Waals surface area (Å²) in [4.78, 5) is 8.28. The largest absolute Gasteiger partial charge is 0.401 e. The predicted octanol–water partition coefficient (Wildman–Crippen LogP) is 1.91. The third kappa shape index (κ3) is 4.34. The van der Waals surface area contributed by atoms with Crippen LogP contribution in [0.2, 0.25) is 0 Å². The summed E-state index contributed by atoms with van der Waals surface area (Å²) in [5, 5.41) is 2.99. The number of nitrogens with one attached hydrogen (secondary N) is 1. The second-order valence-corrected chi connectivity index (χ2v) is 9.53. The van der Waals surface area contributed by atoms with Gasteiger partial charge in [-0.25, -0.2) is 13.4 Å². The van der Waals surface area contributed by atoms with Gasteiger partial charge in [0.1, 0.15) is 10.6 Å². The van der Waals surface area contributed by atoms with Crippen LogP contribution in [0.5, 0.6) is 0 Å². The Morgan fingerprint density at radius 3 is 2.27 bits per heavy atom. The van der Waals surface area contributed by atoms with Gasteiger partial charge >= 0.3 is 0 Å². The quantitative estimate of drug-likeness (QED) is 0.288. The fourth-order valence-corrected chi connectivity index (χ4v) is 5.06. The van der Waals surface area contributed by atoms with E-state index in [2.05, 4.69) is 21.9 Å². The minimum atomic E-state index is -3.66. The molecule has 0 bridgehead atoms. The molecular formula is C20H22N6O2S2. The van der Waals surface area contributed by atoms with E-state index in [0.29, 0.717) is 18.5 Å². The third-order valence-corrected chi connectivity index (χ3v) is 7.43. The molecule has 30 heavy (non-hydrogen) atoms. The molecule has 1 aromatic carbocycles. The van der Waals surface area contributed by atoms with Gasteiger partial charge in [0.05, 0.1) is 10.6 Å². The molecule has 1 fully saturated rings. The molecule has 1 saturated carbocycles. The summed E-state index contributed by atoms with van der Waals surface area (Å²) < 4.78 is 24.9. The zero-order valence-corrected chi connectivity index (χ0v) is 17.7. The van der Waals surface area contributed by atoms with Gasteiger partial charge in [0.25, 0.3) is 0 Å². The van der Waals surface area contributed by atoms with E-state index in [-0.39, 0.29) is 21.5 Å². The number of thiocarbonyl (C=S) groups is 1. The van der Waals surface area contributed by atoms with Crippen molar-refractivity contribution in [1.29, 1.82) is 0 Å². The molecule has 1 aliphatic rings. The Hall–Kier alpha value is -3.24. The molecule has 0 unspecified atom stereocenters. The summed E-state index contributed by atoms with van der Waals surface area (Å²) in [5.74, 6) is 0.0686. The lowest BCUT2D eigenvalue weighted by molar-refractivity contribution is 0.584. The number of rotatable bonds is 7. The van der Waals surface area contributed by atoms with Crippen LogP contribution in [0.3, 0.4) is 0 Å². The van der Waals surface area contributed by atoms with Gasteiger partial charge in [-0.3, -0.25) is 4.98 Å². The zero-order chi connectivity index (χ0) is 21.9. The maximum atomic E-state index is 13.0. The molecule has 0 aliphatic heterocycles. The average molecular weight is 443 g/mol. The van der Waals surface area contributed by atoms with Crippen LogP contribution in [0, 0.1) is 0 Å². The van der Waals surface area contributed by atoms with Gasteiger partial charge in [-0.05, 0) is 54.9 Å². The smallest absolute Gasteiger partial charge is 0.189 e. The summed E-state index contributed by atoms with van der Waals surface area (Å²) in [6.07, 6.45) is 5.10. The number of aliphatic imine (C=N–C) groups is 1. The molecular weight excluding hydrogens is 420 g/mol. The molecule has 0 atom stereocenters. The van der Waals surface area contributed by atoms with Gasteiger partial charge in [0.2, 0.25) is 0 Å². The molecule has 8 nitrogen and oxygen atoms in total. The van der Waals surface area contributed by atoms with Crippen molar-refractivity contribution >= 4 is 44.4 Å². The number of sulfone groups is 1. The molecule has 0 radical (unpaired) electrons. The zero-order valence-electron chi connectivity index (χ0n) is 16.1. The lowest BCUT2D eigenvalue weighted by Crippen LogP contribution is -2.31. The number of pyridine rings is 1. The van der Waals surface area contributed by atoms with Crippen LogP contribution < -0.4 is 22.5 Å². The second-order valence-electron chi connectivity index (χ2n) is 6.83. The van der Waals surface area contributed by atoms with Gasteiger partial charge < -0.3 is 22.5 Å². The van der Waals surface area contributed by atoms with Gasteiger partial charge in [0.15, 0.2) is 14.9 Å². The molecule has 2 aromatic rings. The summed E-state index contributed by atoms with van der Waals surface area (Å²) in [5.41, 5.74) is 19.6. The van der Waals surface area contributed by atoms with E-state index in [1.54, 1.807) is 24.3 Å². The van der Waals surface area contributed by atoms with Crippen molar-refractivity contribution in [1.82, 2.24) is 4.98 Å². The Bertz CT molecular complexity index is 1140. The molecule has 156 valence electrons. The van der Waals surface area contributed by atoms with Crippen molar-refractivity contribution in [2.24, 2.45) is 22.2 Å². The topological polar surface area (TPSA) is 149 Å². The van der Waals surface area contributed by atoms with E-state index in [4.69, 9.17) is 29.4 Å². The third-order valence-electron chi connectivity index (χ3n) is 4.76. The van der Waals surface area contributed by atoms with Crippen LogP contribution in [-0.2, 0) is 9.84 Å². The first-order chi connectivity index (χ1) is 14.2. The lowest BCUT2D eigenvalue weighted by Gasteiger charge is -2.17. The van der Waals surface area contributed by atoms with Crippen molar-refractivity contribution < 1.29 is 8.42 Å². The first kappa shape index (κ1) is 21.5. The van der Waals surface area contributed by atoms with Crippen LogP contribution >= 0.6 is 12.2 Å². The molecule has 10 heteroatoms. The molecule has 1 heterocycles. The van der Waals surface area contributed by atoms with Crippen LogP contribution in [0.4, 0.5) is 5.69 Å². The Kier molecular flexibility index (Phi) is 5.90. The van der Waals surface area contributed by atoms with Crippen LogP contribution in [-0.4, -0.2) is 29.1 Å². The number of aromatic nitrogens is 1. The summed E-state index contributed by atoms with van der Waals surface area (Å²) >= 11 is 4.80. The van der Waals surface area contributed by atoms with E-state index >= 15 is 0 Å². The van der Waals surface area contributed by atoms with E-state index in [9.17, 15) is 8.42 Å². The SMILES string of the molecule is C=C(/N=C(N)\C=C(/N)C1(S(=O)(=O)c2ccncc2)CC1)c1ccc(NC(N)=S)cc1. The Morgan fingerprint density at radius 1 is 1.13 bits per heavy atom. The highest BCUT2D eigenvalue weighted by Crippen LogP contribution is 2.50. The number of benzene rings is 1. The van der Waals surface area contributed by atoms with Crippen molar-refractivity contribution in [2.75, 3.05) is 5.32 Å². The van der Waals surface area contributed by atoms with Gasteiger partial charge in [-0.15, -0.1) is 0 Å². The Balaban J connectivity index is 1.80. The molecule has 0 spiro atoms. The molecule has 3 rings (SSSR count). The second kappa shape index (κ2) is 8.25. The summed E-state index contributed by atoms with van der Waals surface area (Å²) in [7, 11) is -3.66. The fraction of sp³-hybridized carbons (Fsp3) is 0.150. The van der Waals surface area contributed by atoms with Crippen molar-refractivity contribution in [3.63, 3.8) is 0 Å². The molecule has 7 N–H and O–H groups in total. The highest BCUT2D eigenvalue weighted by atomic mass is 32.2. The first-order valence-electron chi connectivity index (χ1n) is 8.98. The van der Waals surface area contributed by atoms with Crippen molar-refractivity contribution in [3.05, 3.63) is 72.7 Å². The fourth-order valence-electron chi connectivity index (χ4n) is 3.00. The number of nitrogens with two attached hydrogens (primary N) is 3. The molecule has 0 saturated heterocycles. The van der Waals surface area contributed by atoms with Crippen molar-refractivity contribution in [3.8, 4) is 0 Å². The summed E-state index contributed by atoms with van der Waals surface area (Å²) in [6, 6.07) is 10.0. The number of hydrogen-bond donors (Lipinski definition) is 4. The number of anilines is 1. The monoisotopic (exact) mass is 442 g/mol. The van der Waals surface area contributed by atoms with E-state index in [0.717, 1.165) is 11.3 Å². The minimum absolute atomic E-state index is 0.0686. The highest BCUT2D eigenvalue weighted by molar-refractivity contribution is 7.93. The Morgan fingerprint density at radius 2 is 1.73 bits per heavy atom. The van der Waals surface area contributed by atoms with E-state index < -0.39 is 14.6 Å². The number of amidine groups is 1. The maximum Gasteiger partial charge on any atom is 0.189 e. The molecule has 1 aromatic heterocycles. The maximum absolute atomic E-state index is 13.0. The molecule has 0 amide bonds. The highest BCUT2D eigenvalue weighted by Gasteiger charge is 2.57. The average Bonchev–Trinajstić information content (AvgIpc) is 3.51. The normalized spacial score (nSPS) is 16.0. The van der Waals surface area contributed by atoms with E-state index in [1.807, 2.05) is 0 Å². The van der Waals surface area contributed by atoms with E-state index in [1.165, 1.54) is 30.6 Å². The standard InChI is InChI=1S/C20H22N6O2S2/c1-13(14-2-4-15(5-3-14)26-19(23)29)25-18(22)12-17(21)20(8-9-20)30(27,28)16-6-10-24-11-7-16/h2-7,10-12H,1,8-9,21H2,(H2,22,25)(H3,23,26,29)/b17-12-. The van der Waals surface area contributed by atoms with Crippen LogP contribution in [0.1, 0.15) is 18.4 Å². The number of nitrogens with zero attached hydrogens (tertiary/aromatic N) is 2. The minimum Gasteiger partial charge on any atom is -0.401 e. The molecule has 1 aliphatic carbocycles. The predicted molar refractivity (Wildman–Crippen MR) is 123 cm³/mol. The van der Waals surface area contributed by atoms with Gasteiger partial charge in [-0.1, -0.05) is 18.7 Å². The van der Waals surface area contributed by atoms with Crippen LogP contribution in [0.15, 0.2) is 77.0 Å². The van der Waals surface area contributed by atoms with Crippen molar-refractivity contribution in [2.45, 2.75) is 22.5 Å². The van der Waals surface area contributed by atoms with Gasteiger partial charge in [0, 0.05) is 29.9 Å². The Labute approximate surface area is 180 Å². The van der Waals surface area contributed by atoms with Crippen LogP contribution in [0.25, 0.3) is 5.70 Å².